The molecule has 192 valence electrons. The summed E-state index contributed by atoms with van der Waals surface area (Å²) in [4.78, 5) is 3.04. The highest BCUT2D eigenvalue weighted by Gasteiger charge is 2.30. The summed E-state index contributed by atoms with van der Waals surface area (Å²) in [7, 11) is 3.58. The lowest BCUT2D eigenvalue weighted by Crippen LogP contribution is -1.92. The van der Waals surface area contributed by atoms with E-state index in [0.29, 0.717) is 0 Å². The largest absolute Gasteiger partial charge is 0.385 e. The lowest BCUT2D eigenvalue weighted by atomic mass is 9.97. The van der Waals surface area contributed by atoms with E-state index in [0.717, 1.165) is 26.1 Å². The van der Waals surface area contributed by atoms with Gasteiger partial charge >= 0.3 is 0 Å². The molecule has 0 N–H and O–H groups in total. The van der Waals surface area contributed by atoms with Gasteiger partial charge in [-0.25, -0.2) is 0 Å². The van der Waals surface area contributed by atoms with Crippen molar-refractivity contribution >= 4 is 22.1 Å². The third kappa shape index (κ3) is 4.67. The number of hydrogen-bond acceptors (Lipinski definition) is 3. The number of fused-ring (bicyclic) bond motifs is 6. The van der Waals surface area contributed by atoms with Crippen LogP contribution in [0.5, 0.6) is 0 Å². The average molecular weight is 511 g/mol. The molecule has 1 heterocycles. The maximum atomic E-state index is 5.23. The molecule has 0 spiro atoms. The van der Waals surface area contributed by atoms with Gasteiger partial charge < -0.3 is 9.47 Å². The Kier molecular flexibility index (Phi) is 7.46. The van der Waals surface area contributed by atoms with E-state index in [1.165, 1.54) is 112 Å². The van der Waals surface area contributed by atoms with Crippen molar-refractivity contribution in [3.63, 3.8) is 0 Å². The van der Waals surface area contributed by atoms with Crippen molar-refractivity contribution in [2.75, 3.05) is 27.4 Å². The summed E-state index contributed by atoms with van der Waals surface area (Å²) in [5.41, 5.74) is 11.5. The van der Waals surface area contributed by atoms with E-state index in [2.05, 4.69) is 48.5 Å². The molecule has 0 fully saturated rings. The first-order valence-corrected chi connectivity index (χ1v) is 15.0. The summed E-state index contributed by atoms with van der Waals surface area (Å²) in [6.45, 7) is 1.75. The van der Waals surface area contributed by atoms with Crippen molar-refractivity contribution in [1.29, 1.82) is 0 Å². The molecule has 3 aromatic carbocycles. The summed E-state index contributed by atoms with van der Waals surface area (Å²) in [6, 6.07) is 19.2. The summed E-state index contributed by atoms with van der Waals surface area (Å²) < 4.78 is 10.4. The third-order valence-corrected chi connectivity index (χ3v) is 9.46. The number of benzene rings is 3. The van der Waals surface area contributed by atoms with E-state index in [9.17, 15) is 0 Å². The van der Waals surface area contributed by atoms with E-state index >= 15 is 0 Å². The van der Waals surface area contributed by atoms with Gasteiger partial charge in [0.1, 0.15) is 0 Å². The van der Waals surface area contributed by atoms with E-state index in [1.54, 1.807) is 19.1 Å². The van der Waals surface area contributed by atoms with Gasteiger partial charge in [0.25, 0.3) is 0 Å². The molecule has 4 aromatic rings. The van der Waals surface area contributed by atoms with Crippen LogP contribution in [0.1, 0.15) is 61.8 Å². The number of methoxy groups -OCH3 is 2. The molecule has 0 atom stereocenters. The zero-order chi connectivity index (χ0) is 25.2. The highest BCUT2D eigenvalue weighted by atomic mass is 32.1. The Labute approximate surface area is 225 Å². The van der Waals surface area contributed by atoms with Crippen LogP contribution in [0, 0.1) is 0 Å². The van der Waals surface area contributed by atoms with Gasteiger partial charge in [0, 0.05) is 48.3 Å². The molecule has 37 heavy (non-hydrogen) atoms. The first kappa shape index (κ1) is 24.9. The van der Waals surface area contributed by atoms with Gasteiger partial charge in [0.2, 0.25) is 0 Å². The molecular formula is C34H38O2S. The zero-order valence-electron chi connectivity index (χ0n) is 22.3. The van der Waals surface area contributed by atoms with Gasteiger partial charge in [-0.3, -0.25) is 0 Å². The Morgan fingerprint density at radius 3 is 1.86 bits per heavy atom. The fourth-order valence-electron chi connectivity index (χ4n) is 6.36. The van der Waals surface area contributed by atoms with Gasteiger partial charge in [-0.1, -0.05) is 68.1 Å². The van der Waals surface area contributed by atoms with E-state index < -0.39 is 0 Å². The monoisotopic (exact) mass is 510 g/mol. The fraction of sp³-hybridized carbons (Fsp3) is 0.412. The second kappa shape index (κ2) is 11.1. The molecule has 0 unspecified atom stereocenters. The lowest BCUT2D eigenvalue weighted by Gasteiger charge is -2.07. The van der Waals surface area contributed by atoms with E-state index in [1.807, 2.05) is 11.3 Å². The molecular weight excluding hydrogens is 472 g/mol. The van der Waals surface area contributed by atoms with E-state index in [-0.39, 0.29) is 0 Å². The minimum absolute atomic E-state index is 0.850. The van der Waals surface area contributed by atoms with Crippen molar-refractivity contribution < 1.29 is 9.47 Å². The lowest BCUT2D eigenvalue weighted by molar-refractivity contribution is 0.192. The van der Waals surface area contributed by atoms with Gasteiger partial charge in [-0.05, 0) is 88.7 Å². The Bertz CT molecular complexity index is 1390. The SMILES string of the molecule is COCCCCCCCCc1cc2c(s1)-c1ccc3c4c(ccc-2c14)-c1ccc(CCCCOC)cc1-3. The zero-order valence-corrected chi connectivity index (χ0v) is 23.1. The van der Waals surface area contributed by atoms with Crippen molar-refractivity contribution in [3.05, 3.63) is 59.0 Å². The maximum Gasteiger partial charge on any atom is 0.0462 e. The maximum absolute atomic E-state index is 5.23. The summed E-state index contributed by atoms with van der Waals surface area (Å²) in [5, 5.41) is 2.96. The summed E-state index contributed by atoms with van der Waals surface area (Å²) in [5.74, 6) is 0. The standard InChI is InChI=1S/C34H38O2S/c1-35-19-9-6-4-3-5-7-12-24-22-31-28-16-15-26-25-14-13-23(11-8-10-20-36-2)21-30(25)27-17-18-29(34(31)37-24)33(28)32(26)27/h13-18,21-22H,3-12,19-20H2,1-2H3. The fourth-order valence-corrected chi connectivity index (χ4v) is 7.60. The summed E-state index contributed by atoms with van der Waals surface area (Å²) in [6.07, 6.45) is 12.4. The summed E-state index contributed by atoms with van der Waals surface area (Å²) >= 11 is 2.03. The molecule has 0 bridgehead atoms. The van der Waals surface area contributed by atoms with Crippen LogP contribution in [-0.2, 0) is 22.3 Å². The second-order valence-corrected chi connectivity index (χ2v) is 11.9. The predicted molar refractivity (Wildman–Crippen MR) is 159 cm³/mol. The molecule has 2 nitrogen and oxygen atoms in total. The minimum Gasteiger partial charge on any atom is -0.385 e. The topological polar surface area (TPSA) is 18.5 Å². The molecule has 0 radical (unpaired) electrons. The third-order valence-electron chi connectivity index (χ3n) is 8.23. The molecule has 0 saturated heterocycles. The quantitative estimate of drug-likeness (QED) is 0.136. The molecule has 0 aliphatic heterocycles. The Morgan fingerprint density at radius 1 is 0.514 bits per heavy atom. The van der Waals surface area contributed by atoms with Crippen LogP contribution in [0.4, 0.5) is 0 Å². The van der Waals surface area contributed by atoms with Crippen molar-refractivity contribution in [3.8, 4) is 43.8 Å². The predicted octanol–water partition coefficient (Wildman–Crippen LogP) is 9.69. The van der Waals surface area contributed by atoms with Crippen LogP contribution in [0.3, 0.4) is 0 Å². The average Bonchev–Trinajstić information content (AvgIpc) is 3.56. The highest BCUT2D eigenvalue weighted by molar-refractivity contribution is 7.16. The highest BCUT2D eigenvalue weighted by Crippen LogP contribution is 2.57. The number of unbranched alkanes of at least 4 members (excludes halogenated alkanes) is 6. The molecule has 3 heteroatoms. The smallest absolute Gasteiger partial charge is 0.0462 e. The molecule has 0 saturated carbocycles. The minimum atomic E-state index is 0.850. The van der Waals surface area contributed by atoms with Crippen LogP contribution < -0.4 is 0 Å². The van der Waals surface area contributed by atoms with Crippen molar-refractivity contribution in [2.45, 2.75) is 64.2 Å². The first-order valence-electron chi connectivity index (χ1n) is 14.1. The van der Waals surface area contributed by atoms with Crippen molar-refractivity contribution in [2.24, 2.45) is 0 Å². The van der Waals surface area contributed by atoms with Crippen LogP contribution in [0.25, 0.3) is 54.6 Å². The van der Waals surface area contributed by atoms with Crippen LogP contribution >= 0.6 is 11.3 Å². The van der Waals surface area contributed by atoms with Gasteiger partial charge in [0.15, 0.2) is 0 Å². The normalized spacial score (nSPS) is 12.5. The Morgan fingerprint density at radius 2 is 1.08 bits per heavy atom. The van der Waals surface area contributed by atoms with Crippen LogP contribution in [-0.4, -0.2) is 27.4 Å². The Hall–Kier alpha value is -2.46. The van der Waals surface area contributed by atoms with Gasteiger partial charge in [0.05, 0.1) is 0 Å². The number of ether oxygens (including phenoxy) is 2. The second-order valence-electron chi connectivity index (χ2n) is 10.7. The molecule has 2 aliphatic rings. The molecule has 2 aliphatic carbocycles. The number of aryl methyl sites for hydroxylation is 2. The number of hydrogen-bond donors (Lipinski definition) is 0. The van der Waals surface area contributed by atoms with Crippen LogP contribution in [0.15, 0.2) is 48.5 Å². The van der Waals surface area contributed by atoms with Crippen molar-refractivity contribution in [1.82, 2.24) is 0 Å². The van der Waals surface area contributed by atoms with Gasteiger partial charge in [-0.15, -0.1) is 11.3 Å². The van der Waals surface area contributed by atoms with E-state index in [4.69, 9.17) is 9.47 Å². The molecule has 1 aromatic heterocycles. The first-order chi connectivity index (χ1) is 18.3. The molecule has 0 amide bonds. The Balaban J connectivity index is 1.19. The number of rotatable bonds is 14. The number of thiophene rings is 1. The molecule has 6 rings (SSSR count). The van der Waals surface area contributed by atoms with Crippen LogP contribution in [0.2, 0.25) is 0 Å². The van der Waals surface area contributed by atoms with Gasteiger partial charge in [-0.2, -0.15) is 0 Å².